The Hall–Kier alpha value is -1.22. The average Bonchev–Trinajstić information content (AvgIpc) is 2.21. The number of methoxy groups -OCH3 is 1. The summed E-state index contributed by atoms with van der Waals surface area (Å²) in [6, 6.07) is 3.67. The van der Waals surface area contributed by atoms with Crippen molar-refractivity contribution in [3.63, 3.8) is 0 Å². The molecule has 0 saturated carbocycles. The summed E-state index contributed by atoms with van der Waals surface area (Å²) in [5.74, 6) is 0.617. The monoisotopic (exact) mass is 196 g/mol. The van der Waals surface area contributed by atoms with Crippen molar-refractivity contribution < 1.29 is 14.9 Å². The third kappa shape index (κ3) is 1.99. The van der Waals surface area contributed by atoms with Crippen molar-refractivity contribution in [3.05, 3.63) is 23.3 Å². The quantitative estimate of drug-likeness (QED) is 0.767. The highest BCUT2D eigenvalue weighted by molar-refractivity contribution is 5.49. The van der Waals surface area contributed by atoms with Crippen LogP contribution in [-0.4, -0.2) is 23.9 Å². The molecule has 0 atom stereocenters. The molecule has 2 N–H and O–H groups in total. The molecule has 1 rings (SSSR count). The second kappa shape index (κ2) is 4.86. The molecule has 14 heavy (non-hydrogen) atoms. The molecule has 0 unspecified atom stereocenters. The molecule has 0 aromatic heterocycles. The third-order valence-electron chi connectivity index (χ3n) is 2.31. The maximum absolute atomic E-state index is 9.80. The Kier molecular flexibility index (Phi) is 3.77. The molecule has 0 aliphatic heterocycles. The van der Waals surface area contributed by atoms with Gasteiger partial charge in [0.1, 0.15) is 0 Å². The average molecular weight is 196 g/mol. The van der Waals surface area contributed by atoms with Gasteiger partial charge in [-0.3, -0.25) is 0 Å². The van der Waals surface area contributed by atoms with Gasteiger partial charge < -0.3 is 14.9 Å². The summed E-state index contributed by atoms with van der Waals surface area (Å²) < 4.78 is 5.00. The van der Waals surface area contributed by atoms with Crippen molar-refractivity contribution in [1.82, 2.24) is 0 Å². The number of phenolic OH excluding ortho intramolecular Hbond substituents is 1. The van der Waals surface area contributed by atoms with E-state index in [-0.39, 0.29) is 12.4 Å². The summed E-state index contributed by atoms with van der Waals surface area (Å²) in [6.07, 6.45) is 1.30. The van der Waals surface area contributed by atoms with Crippen LogP contribution in [0.15, 0.2) is 12.1 Å². The highest BCUT2D eigenvalue weighted by Crippen LogP contribution is 2.32. The van der Waals surface area contributed by atoms with E-state index in [1.807, 2.05) is 13.0 Å². The molecule has 0 bridgehead atoms. The molecule has 0 aliphatic carbocycles. The molecule has 0 fully saturated rings. The Labute approximate surface area is 84.0 Å². The first-order valence-corrected chi connectivity index (χ1v) is 4.73. The zero-order chi connectivity index (χ0) is 10.6. The van der Waals surface area contributed by atoms with Crippen molar-refractivity contribution in [2.24, 2.45) is 0 Å². The van der Waals surface area contributed by atoms with Crippen molar-refractivity contribution in [2.75, 3.05) is 13.7 Å². The van der Waals surface area contributed by atoms with E-state index in [0.29, 0.717) is 12.2 Å². The number of hydrogen-bond donors (Lipinski definition) is 2. The molecule has 1 aromatic rings. The van der Waals surface area contributed by atoms with E-state index in [1.54, 1.807) is 6.07 Å². The fraction of sp³-hybridized carbons (Fsp3) is 0.455. The molecule has 0 spiro atoms. The molecule has 0 heterocycles. The van der Waals surface area contributed by atoms with Gasteiger partial charge in [-0.15, -0.1) is 0 Å². The van der Waals surface area contributed by atoms with Crippen LogP contribution in [0.4, 0.5) is 0 Å². The molecule has 0 radical (unpaired) electrons. The lowest BCUT2D eigenvalue weighted by molar-refractivity contribution is 0.295. The Balaban J connectivity index is 3.16. The summed E-state index contributed by atoms with van der Waals surface area (Å²) in [6.45, 7) is 2.05. The summed E-state index contributed by atoms with van der Waals surface area (Å²) in [5, 5.41) is 18.7. The molecule has 0 aliphatic rings. The summed E-state index contributed by atoms with van der Waals surface area (Å²) in [7, 11) is 1.52. The van der Waals surface area contributed by atoms with E-state index in [2.05, 4.69) is 0 Å². The highest BCUT2D eigenvalue weighted by atomic mass is 16.5. The number of aryl methyl sites for hydroxylation is 1. The van der Waals surface area contributed by atoms with Crippen LogP contribution in [0, 0.1) is 0 Å². The lowest BCUT2D eigenvalue weighted by atomic mass is 10.0. The van der Waals surface area contributed by atoms with E-state index in [9.17, 15) is 5.11 Å². The Morgan fingerprint density at radius 3 is 2.57 bits per heavy atom. The Morgan fingerprint density at radius 2 is 2.07 bits per heavy atom. The van der Waals surface area contributed by atoms with E-state index >= 15 is 0 Å². The van der Waals surface area contributed by atoms with Crippen LogP contribution in [0.25, 0.3) is 0 Å². The number of phenols is 1. The largest absolute Gasteiger partial charge is 0.504 e. The predicted molar refractivity (Wildman–Crippen MR) is 54.8 cm³/mol. The van der Waals surface area contributed by atoms with Crippen molar-refractivity contribution in [1.29, 1.82) is 0 Å². The molecule has 3 nitrogen and oxygen atoms in total. The van der Waals surface area contributed by atoms with E-state index in [0.717, 1.165) is 17.5 Å². The van der Waals surface area contributed by atoms with Gasteiger partial charge in [0, 0.05) is 12.2 Å². The number of aromatic hydroxyl groups is 1. The van der Waals surface area contributed by atoms with Crippen molar-refractivity contribution >= 4 is 0 Å². The van der Waals surface area contributed by atoms with Gasteiger partial charge in [-0.25, -0.2) is 0 Å². The minimum absolute atomic E-state index is 0.0354. The molecule has 0 amide bonds. The zero-order valence-electron chi connectivity index (χ0n) is 8.58. The lowest BCUT2D eigenvalue weighted by Gasteiger charge is -2.12. The van der Waals surface area contributed by atoms with E-state index in [4.69, 9.17) is 9.84 Å². The summed E-state index contributed by atoms with van der Waals surface area (Å²) in [5.41, 5.74) is 1.84. The number of hydrogen-bond acceptors (Lipinski definition) is 3. The normalized spacial score (nSPS) is 10.2. The van der Waals surface area contributed by atoms with Gasteiger partial charge in [0.25, 0.3) is 0 Å². The molecule has 0 saturated heterocycles. The van der Waals surface area contributed by atoms with Crippen LogP contribution in [0.2, 0.25) is 0 Å². The Morgan fingerprint density at radius 1 is 1.36 bits per heavy atom. The first-order valence-electron chi connectivity index (χ1n) is 4.73. The SMILES string of the molecule is CCc1ccc(OC)c(O)c1CCO. The van der Waals surface area contributed by atoms with E-state index < -0.39 is 0 Å². The van der Waals surface area contributed by atoms with Gasteiger partial charge in [0.2, 0.25) is 0 Å². The van der Waals surface area contributed by atoms with Crippen molar-refractivity contribution in [3.8, 4) is 11.5 Å². The minimum Gasteiger partial charge on any atom is -0.504 e. The van der Waals surface area contributed by atoms with Gasteiger partial charge in [0.15, 0.2) is 11.5 Å². The maximum Gasteiger partial charge on any atom is 0.161 e. The number of aliphatic hydroxyl groups excluding tert-OH is 1. The van der Waals surface area contributed by atoms with E-state index in [1.165, 1.54) is 7.11 Å². The maximum atomic E-state index is 9.80. The second-order valence-corrected chi connectivity index (χ2v) is 3.08. The third-order valence-corrected chi connectivity index (χ3v) is 2.31. The highest BCUT2D eigenvalue weighted by Gasteiger charge is 2.11. The first kappa shape index (κ1) is 10.9. The molecular weight excluding hydrogens is 180 g/mol. The molecule has 1 aromatic carbocycles. The number of benzene rings is 1. The second-order valence-electron chi connectivity index (χ2n) is 3.08. The van der Waals surface area contributed by atoms with Gasteiger partial charge >= 0.3 is 0 Å². The smallest absolute Gasteiger partial charge is 0.161 e. The predicted octanol–water partition coefficient (Wildman–Crippen LogP) is 1.50. The van der Waals surface area contributed by atoms with Crippen molar-refractivity contribution in [2.45, 2.75) is 19.8 Å². The first-order chi connectivity index (χ1) is 6.74. The molecule has 78 valence electrons. The number of rotatable bonds is 4. The standard InChI is InChI=1S/C11H16O3/c1-3-8-4-5-10(14-2)11(13)9(8)6-7-12/h4-5,12-13H,3,6-7H2,1-2H3. The molecule has 3 heteroatoms. The summed E-state index contributed by atoms with van der Waals surface area (Å²) in [4.78, 5) is 0. The van der Waals surface area contributed by atoms with Gasteiger partial charge in [-0.2, -0.15) is 0 Å². The number of aliphatic hydroxyl groups is 1. The Bertz CT molecular complexity index is 308. The van der Waals surface area contributed by atoms with Crippen LogP contribution in [0.5, 0.6) is 11.5 Å². The lowest BCUT2D eigenvalue weighted by Crippen LogP contribution is -1.99. The van der Waals surface area contributed by atoms with Gasteiger partial charge in [0.05, 0.1) is 7.11 Å². The van der Waals surface area contributed by atoms with Gasteiger partial charge in [-0.1, -0.05) is 13.0 Å². The summed E-state index contributed by atoms with van der Waals surface area (Å²) >= 11 is 0. The minimum atomic E-state index is 0.0354. The van der Waals surface area contributed by atoms with Crippen LogP contribution in [0.3, 0.4) is 0 Å². The fourth-order valence-corrected chi connectivity index (χ4v) is 1.54. The van der Waals surface area contributed by atoms with Gasteiger partial charge in [-0.05, 0) is 24.5 Å². The number of ether oxygens (including phenoxy) is 1. The molecular formula is C11H16O3. The topological polar surface area (TPSA) is 49.7 Å². The zero-order valence-corrected chi connectivity index (χ0v) is 8.58. The fourth-order valence-electron chi connectivity index (χ4n) is 1.54. The van der Waals surface area contributed by atoms with Crippen LogP contribution < -0.4 is 4.74 Å². The van der Waals surface area contributed by atoms with Crippen LogP contribution >= 0.6 is 0 Å². The van der Waals surface area contributed by atoms with Crippen LogP contribution in [-0.2, 0) is 12.8 Å². The van der Waals surface area contributed by atoms with Crippen LogP contribution in [0.1, 0.15) is 18.1 Å².